The molecule has 0 aliphatic carbocycles. The first kappa shape index (κ1) is 22.4. The van der Waals surface area contributed by atoms with Crippen molar-refractivity contribution in [1.29, 1.82) is 0 Å². The lowest BCUT2D eigenvalue weighted by Crippen LogP contribution is -2.54. The zero-order valence-corrected chi connectivity index (χ0v) is 19.0. The normalized spacial score (nSPS) is 22.4. The molecule has 0 bridgehead atoms. The van der Waals surface area contributed by atoms with E-state index in [0.717, 1.165) is 5.56 Å². The van der Waals surface area contributed by atoms with E-state index in [4.69, 9.17) is 13.9 Å². The largest absolute Gasteiger partial charge is 0.461 e. The van der Waals surface area contributed by atoms with Crippen LogP contribution < -0.4 is 0 Å². The number of carbonyl (C=O) groups is 2. The second-order valence-electron chi connectivity index (χ2n) is 8.81. The van der Waals surface area contributed by atoms with Crippen LogP contribution in [0, 0.1) is 11.3 Å². The predicted octanol–water partition coefficient (Wildman–Crippen LogP) is 3.95. The Labute approximate surface area is 169 Å². The Balaban J connectivity index is 2.25. The molecule has 6 nitrogen and oxygen atoms in total. The maximum Gasteiger partial charge on any atom is 0.412 e. The molecule has 0 unspecified atom stereocenters. The van der Waals surface area contributed by atoms with Gasteiger partial charge in [-0.2, -0.15) is 0 Å². The summed E-state index contributed by atoms with van der Waals surface area (Å²) in [6.45, 7) is 12.7. The number of amides is 1. The molecule has 1 heterocycles. The van der Waals surface area contributed by atoms with Crippen LogP contribution in [0.3, 0.4) is 0 Å². The molecule has 156 valence electrons. The van der Waals surface area contributed by atoms with Crippen LogP contribution in [-0.4, -0.2) is 44.9 Å². The fourth-order valence-electron chi connectivity index (χ4n) is 3.50. The van der Waals surface area contributed by atoms with E-state index in [0.29, 0.717) is 13.0 Å². The van der Waals surface area contributed by atoms with Gasteiger partial charge in [-0.15, -0.1) is 0 Å². The number of likely N-dealkylation sites (tertiary alicyclic amines) is 1. The van der Waals surface area contributed by atoms with Crippen molar-refractivity contribution in [3.8, 4) is 0 Å². The maximum absolute atomic E-state index is 13.0. The predicted molar refractivity (Wildman–Crippen MR) is 110 cm³/mol. The molecule has 1 amide bonds. The third kappa shape index (κ3) is 5.82. The van der Waals surface area contributed by atoms with E-state index in [1.54, 1.807) is 4.90 Å². The number of rotatable bonds is 6. The van der Waals surface area contributed by atoms with Gasteiger partial charge in [0.2, 0.25) is 0 Å². The standard InChI is InChI=1S/C21H33NO5Si/c1-16(23)26-15-21(27-28(5)6)12-18(20(2,3)4)13-22(21)19(24)25-14-17-10-8-7-9-11-17/h7-11,18,28H,12-15H2,1-6H3/t18-,21-/m0/s1. The summed E-state index contributed by atoms with van der Waals surface area (Å²) in [6, 6.07) is 9.57. The van der Waals surface area contributed by atoms with E-state index in [2.05, 4.69) is 20.8 Å². The summed E-state index contributed by atoms with van der Waals surface area (Å²) >= 11 is 0. The van der Waals surface area contributed by atoms with Crippen LogP contribution in [0.4, 0.5) is 4.79 Å². The fourth-order valence-corrected chi connectivity index (χ4v) is 4.67. The van der Waals surface area contributed by atoms with Gasteiger partial charge in [0.1, 0.15) is 13.2 Å². The van der Waals surface area contributed by atoms with Crippen molar-refractivity contribution in [1.82, 2.24) is 4.90 Å². The highest BCUT2D eigenvalue weighted by molar-refractivity contribution is 6.48. The van der Waals surface area contributed by atoms with Crippen molar-refractivity contribution in [3.63, 3.8) is 0 Å². The smallest absolute Gasteiger partial charge is 0.412 e. The Hall–Kier alpha value is -1.86. The third-order valence-electron chi connectivity index (χ3n) is 5.07. The van der Waals surface area contributed by atoms with Crippen LogP contribution in [-0.2, 0) is 25.3 Å². The Morgan fingerprint density at radius 3 is 2.36 bits per heavy atom. The van der Waals surface area contributed by atoms with Crippen LogP contribution in [0.1, 0.15) is 39.7 Å². The summed E-state index contributed by atoms with van der Waals surface area (Å²) in [5.41, 5.74) is -0.0533. The van der Waals surface area contributed by atoms with Gasteiger partial charge in [-0.25, -0.2) is 4.79 Å². The van der Waals surface area contributed by atoms with Crippen molar-refractivity contribution < 1.29 is 23.5 Å². The maximum atomic E-state index is 13.0. The molecule has 2 rings (SSSR count). The van der Waals surface area contributed by atoms with Gasteiger partial charge >= 0.3 is 12.1 Å². The second kappa shape index (κ2) is 9.09. The average Bonchev–Trinajstić information content (AvgIpc) is 2.98. The fraction of sp³-hybridized carbons (Fsp3) is 0.619. The molecule has 0 radical (unpaired) electrons. The first-order chi connectivity index (χ1) is 13.0. The molecular weight excluding hydrogens is 374 g/mol. The van der Waals surface area contributed by atoms with E-state index < -0.39 is 20.9 Å². The quantitative estimate of drug-likeness (QED) is 0.528. The van der Waals surface area contributed by atoms with Crippen LogP contribution in [0.15, 0.2) is 30.3 Å². The molecule has 1 aliphatic heterocycles. The molecule has 1 fully saturated rings. The molecule has 28 heavy (non-hydrogen) atoms. The summed E-state index contributed by atoms with van der Waals surface area (Å²) in [5.74, 6) is -0.176. The molecule has 0 spiro atoms. The van der Waals surface area contributed by atoms with Crippen LogP contribution in [0.2, 0.25) is 13.1 Å². The van der Waals surface area contributed by atoms with E-state index >= 15 is 0 Å². The lowest BCUT2D eigenvalue weighted by molar-refractivity contribution is -0.156. The molecule has 1 saturated heterocycles. The summed E-state index contributed by atoms with van der Waals surface area (Å²) in [7, 11) is -1.53. The van der Waals surface area contributed by atoms with Crippen molar-refractivity contribution >= 4 is 21.1 Å². The first-order valence-electron chi connectivity index (χ1n) is 9.83. The number of esters is 1. The first-order valence-corrected chi connectivity index (χ1v) is 12.6. The molecule has 0 N–H and O–H groups in total. The highest BCUT2D eigenvalue weighted by Gasteiger charge is 2.53. The lowest BCUT2D eigenvalue weighted by Gasteiger charge is -2.38. The molecule has 2 atom stereocenters. The number of ether oxygens (including phenoxy) is 2. The summed E-state index contributed by atoms with van der Waals surface area (Å²) in [5, 5.41) is 0. The number of hydrogen-bond donors (Lipinski definition) is 0. The van der Waals surface area contributed by atoms with Crippen LogP contribution >= 0.6 is 0 Å². The number of benzene rings is 1. The Morgan fingerprint density at radius 1 is 1.18 bits per heavy atom. The van der Waals surface area contributed by atoms with Gasteiger partial charge in [0, 0.05) is 19.9 Å². The molecule has 1 aliphatic rings. The molecule has 0 saturated carbocycles. The third-order valence-corrected chi connectivity index (χ3v) is 5.98. The van der Waals surface area contributed by atoms with E-state index in [-0.39, 0.29) is 30.5 Å². The number of carbonyl (C=O) groups excluding carboxylic acids is 2. The molecule has 7 heteroatoms. The minimum atomic E-state index is -1.53. The van der Waals surface area contributed by atoms with Gasteiger partial charge in [-0.3, -0.25) is 9.69 Å². The Morgan fingerprint density at radius 2 is 1.82 bits per heavy atom. The SMILES string of the molecule is CC(=O)OC[C@@]1(O[SiH](C)C)C[C@H](C(C)(C)C)CN1C(=O)OCc1ccccc1. The molecule has 1 aromatic rings. The number of nitrogens with zero attached hydrogens (tertiary/aromatic N) is 1. The van der Waals surface area contributed by atoms with Crippen molar-refractivity contribution in [2.75, 3.05) is 13.2 Å². The molecular formula is C21H33NO5Si. The van der Waals surface area contributed by atoms with Crippen molar-refractivity contribution in [3.05, 3.63) is 35.9 Å². The Bertz CT molecular complexity index is 673. The molecule has 0 aromatic heterocycles. The Kier molecular flexibility index (Phi) is 7.28. The lowest BCUT2D eigenvalue weighted by atomic mass is 9.79. The zero-order chi connectivity index (χ0) is 20.9. The van der Waals surface area contributed by atoms with Crippen molar-refractivity contribution in [2.24, 2.45) is 11.3 Å². The van der Waals surface area contributed by atoms with Gasteiger partial charge in [-0.05, 0) is 30.0 Å². The van der Waals surface area contributed by atoms with Gasteiger partial charge < -0.3 is 13.9 Å². The van der Waals surface area contributed by atoms with E-state index in [1.807, 2.05) is 43.4 Å². The minimum Gasteiger partial charge on any atom is -0.461 e. The van der Waals surface area contributed by atoms with Gasteiger partial charge in [-0.1, -0.05) is 51.1 Å². The van der Waals surface area contributed by atoms with Gasteiger partial charge in [0.05, 0.1) is 0 Å². The van der Waals surface area contributed by atoms with E-state index in [1.165, 1.54) is 6.92 Å². The highest BCUT2D eigenvalue weighted by Crippen LogP contribution is 2.43. The summed E-state index contributed by atoms with van der Waals surface area (Å²) < 4.78 is 17.3. The summed E-state index contributed by atoms with van der Waals surface area (Å²) in [6.07, 6.45) is 0.187. The zero-order valence-electron chi connectivity index (χ0n) is 17.9. The summed E-state index contributed by atoms with van der Waals surface area (Å²) in [4.78, 5) is 26.2. The van der Waals surface area contributed by atoms with Crippen LogP contribution in [0.5, 0.6) is 0 Å². The van der Waals surface area contributed by atoms with Gasteiger partial charge in [0.15, 0.2) is 14.8 Å². The van der Waals surface area contributed by atoms with Crippen molar-refractivity contribution in [2.45, 2.75) is 59.5 Å². The van der Waals surface area contributed by atoms with E-state index in [9.17, 15) is 9.59 Å². The molecule has 1 aromatic carbocycles. The highest BCUT2D eigenvalue weighted by atomic mass is 28.3. The van der Waals surface area contributed by atoms with Crippen LogP contribution in [0.25, 0.3) is 0 Å². The topological polar surface area (TPSA) is 65.1 Å². The number of hydrogen-bond acceptors (Lipinski definition) is 5. The second-order valence-corrected chi connectivity index (χ2v) is 11.1. The monoisotopic (exact) mass is 407 g/mol. The average molecular weight is 408 g/mol. The minimum absolute atomic E-state index is 0.0160. The van der Waals surface area contributed by atoms with Gasteiger partial charge in [0.25, 0.3) is 0 Å².